The molecule has 0 aliphatic carbocycles. The summed E-state index contributed by atoms with van der Waals surface area (Å²) in [5, 5.41) is 2.32. The summed E-state index contributed by atoms with van der Waals surface area (Å²) in [5.74, 6) is 0.634. The molecular formula is C20H18LiNO. The van der Waals surface area contributed by atoms with Crippen LogP contribution in [0.3, 0.4) is 0 Å². The second-order valence-corrected chi connectivity index (χ2v) is 5.36. The Morgan fingerprint density at radius 1 is 0.957 bits per heavy atom. The largest absolute Gasteiger partial charge is 1.00 e. The quantitative estimate of drug-likeness (QED) is 0.314. The van der Waals surface area contributed by atoms with Gasteiger partial charge in [-0.25, -0.2) is 4.99 Å². The number of aliphatic imine (C=N–C) groups is 1. The Labute approximate surface area is 149 Å². The summed E-state index contributed by atoms with van der Waals surface area (Å²) in [7, 11) is 0. The molecule has 0 N–H and O–H groups in total. The predicted molar refractivity (Wildman–Crippen MR) is 91.6 cm³/mol. The number of ether oxygens (including phenoxy) is 1. The zero-order valence-corrected chi connectivity index (χ0v) is 13.8. The second-order valence-electron chi connectivity index (χ2n) is 5.36. The maximum Gasteiger partial charge on any atom is 1.00 e. The average molecular weight is 295 g/mol. The van der Waals surface area contributed by atoms with E-state index in [0.717, 1.165) is 16.6 Å². The SMILES string of the molecule is CC(C)OC(=Nc1[c-]cccc1)c1cccc2ccccc12.[Li+]. The molecule has 0 bridgehead atoms. The van der Waals surface area contributed by atoms with Crippen LogP contribution in [0, 0.1) is 6.07 Å². The maximum atomic E-state index is 5.98. The van der Waals surface area contributed by atoms with Gasteiger partial charge in [0.25, 0.3) is 0 Å². The minimum Gasteiger partial charge on any atom is -0.475 e. The van der Waals surface area contributed by atoms with Crippen LogP contribution in [0.5, 0.6) is 0 Å². The van der Waals surface area contributed by atoms with Crippen molar-refractivity contribution in [1.82, 2.24) is 0 Å². The number of benzene rings is 3. The summed E-state index contributed by atoms with van der Waals surface area (Å²) in [6.07, 6.45) is 0.0569. The Balaban J connectivity index is 0.00000192. The molecule has 0 heterocycles. The third-order valence-corrected chi connectivity index (χ3v) is 3.28. The van der Waals surface area contributed by atoms with Gasteiger partial charge in [0.05, 0.1) is 6.10 Å². The van der Waals surface area contributed by atoms with Gasteiger partial charge in [0.2, 0.25) is 5.90 Å². The minimum absolute atomic E-state index is 0. The third kappa shape index (κ3) is 4.25. The Bertz CT molecular complexity index is 792. The van der Waals surface area contributed by atoms with E-state index >= 15 is 0 Å². The smallest absolute Gasteiger partial charge is 0.475 e. The monoisotopic (exact) mass is 295 g/mol. The molecule has 0 amide bonds. The van der Waals surface area contributed by atoms with Crippen molar-refractivity contribution >= 4 is 22.4 Å². The van der Waals surface area contributed by atoms with Gasteiger partial charge in [-0.1, -0.05) is 36.4 Å². The molecule has 3 aromatic carbocycles. The van der Waals surface area contributed by atoms with E-state index in [0.29, 0.717) is 5.90 Å². The van der Waals surface area contributed by atoms with Crippen molar-refractivity contribution in [2.24, 2.45) is 4.99 Å². The van der Waals surface area contributed by atoms with Crippen LogP contribution in [-0.2, 0) is 4.74 Å². The van der Waals surface area contributed by atoms with Crippen LogP contribution in [0.4, 0.5) is 5.69 Å². The third-order valence-electron chi connectivity index (χ3n) is 3.28. The van der Waals surface area contributed by atoms with Crippen LogP contribution in [0.2, 0.25) is 0 Å². The van der Waals surface area contributed by atoms with Gasteiger partial charge in [-0.2, -0.15) is 24.3 Å². The molecule has 0 atom stereocenters. The fourth-order valence-corrected chi connectivity index (χ4v) is 2.35. The van der Waals surface area contributed by atoms with E-state index in [1.54, 1.807) is 0 Å². The van der Waals surface area contributed by atoms with Crippen LogP contribution in [0.1, 0.15) is 19.4 Å². The summed E-state index contributed by atoms with van der Waals surface area (Å²) >= 11 is 0. The van der Waals surface area contributed by atoms with Gasteiger partial charge in [0.1, 0.15) is 0 Å². The second kappa shape index (κ2) is 8.01. The fraction of sp³-hybridized carbons (Fsp3) is 0.150. The van der Waals surface area contributed by atoms with Crippen molar-refractivity contribution in [3.05, 3.63) is 78.4 Å². The molecular weight excluding hydrogens is 277 g/mol. The van der Waals surface area contributed by atoms with Gasteiger partial charge in [-0.3, -0.25) is 0 Å². The molecule has 0 radical (unpaired) electrons. The van der Waals surface area contributed by atoms with E-state index in [1.807, 2.05) is 62.4 Å². The van der Waals surface area contributed by atoms with Crippen molar-refractivity contribution < 1.29 is 23.6 Å². The van der Waals surface area contributed by atoms with Gasteiger partial charge in [-0.05, 0) is 36.4 Å². The van der Waals surface area contributed by atoms with Crippen LogP contribution < -0.4 is 18.9 Å². The van der Waals surface area contributed by atoms with E-state index < -0.39 is 0 Å². The molecule has 0 unspecified atom stereocenters. The summed E-state index contributed by atoms with van der Waals surface area (Å²) in [6.45, 7) is 4.02. The van der Waals surface area contributed by atoms with Crippen molar-refractivity contribution in [2.45, 2.75) is 20.0 Å². The molecule has 3 rings (SSSR count). The molecule has 0 aliphatic rings. The summed E-state index contributed by atoms with van der Waals surface area (Å²) < 4.78 is 5.98. The van der Waals surface area contributed by atoms with Crippen LogP contribution in [0.15, 0.2) is 71.7 Å². The van der Waals surface area contributed by atoms with Crippen LogP contribution in [-0.4, -0.2) is 12.0 Å². The maximum absolute atomic E-state index is 5.98. The molecule has 23 heavy (non-hydrogen) atoms. The van der Waals surface area contributed by atoms with Crippen LogP contribution >= 0.6 is 0 Å². The molecule has 0 aromatic heterocycles. The van der Waals surface area contributed by atoms with Crippen molar-refractivity contribution in [3.8, 4) is 0 Å². The van der Waals surface area contributed by atoms with E-state index in [4.69, 9.17) is 4.74 Å². The Kier molecular flexibility index (Phi) is 6.04. The first kappa shape index (κ1) is 17.3. The summed E-state index contributed by atoms with van der Waals surface area (Å²) in [4.78, 5) is 4.66. The first-order valence-electron chi connectivity index (χ1n) is 7.44. The van der Waals surface area contributed by atoms with Crippen molar-refractivity contribution in [2.75, 3.05) is 0 Å². The zero-order chi connectivity index (χ0) is 15.4. The molecule has 0 saturated heterocycles. The Hall–Kier alpha value is -2.01. The number of fused-ring (bicyclic) bond motifs is 1. The predicted octanol–water partition coefficient (Wildman–Crippen LogP) is 2.15. The number of para-hydroxylation sites is 1. The van der Waals surface area contributed by atoms with E-state index in [1.165, 1.54) is 5.39 Å². The van der Waals surface area contributed by atoms with Gasteiger partial charge in [-0.15, -0.1) is 6.07 Å². The number of nitrogens with zero attached hydrogens (tertiary/aromatic N) is 1. The molecule has 110 valence electrons. The standard InChI is InChI=1S/C20H18NO.Li/c1-15(2)22-20(21-17-11-4-3-5-12-17)19-14-8-10-16-9-6-7-13-18(16)19;/h3-11,13-15H,1-2H3;/q-1;+1. The molecule has 0 saturated carbocycles. The number of hydrogen-bond donors (Lipinski definition) is 0. The Morgan fingerprint density at radius 3 is 2.43 bits per heavy atom. The first-order chi connectivity index (χ1) is 10.7. The minimum atomic E-state index is 0. The average Bonchev–Trinajstić information content (AvgIpc) is 2.54. The van der Waals surface area contributed by atoms with Gasteiger partial charge < -0.3 is 4.74 Å². The molecule has 0 aliphatic heterocycles. The van der Waals surface area contributed by atoms with Crippen molar-refractivity contribution in [3.63, 3.8) is 0 Å². The summed E-state index contributed by atoms with van der Waals surface area (Å²) in [5.41, 5.74) is 1.77. The topological polar surface area (TPSA) is 21.6 Å². The van der Waals surface area contributed by atoms with Gasteiger partial charge in [0, 0.05) is 5.56 Å². The molecule has 2 nitrogen and oxygen atoms in total. The van der Waals surface area contributed by atoms with E-state index in [2.05, 4.69) is 29.3 Å². The number of hydrogen-bond acceptors (Lipinski definition) is 2. The molecule has 0 fully saturated rings. The molecule has 3 aromatic rings. The van der Waals surface area contributed by atoms with Crippen molar-refractivity contribution in [1.29, 1.82) is 0 Å². The van der Waals surface area contributed by atoms with E-state index in [-0.39, 0.29) is 25.0 Å². The van der Waals surface area contributed by atoms with Crippen LogP contribution in [0.25, 0.3) is 10.8 Å². The Morgan fingerprint density at radius 2 is 1.70 bits per heavy atom. The first-order valence-corrected chi connectivity index (χ1v) is 7.44. The summed E-state index contributed by atoms with van der Waals surface area (Å²) in [6, 6.07) is 25.2. The van der Waals surface area contributed by atoms with Gasteiger partial charge in [0.15, 0.2) is 0 Å². The number of rotatable bonds is 3. The normalized spacial score (nSPS) is 11.3. The fourth-order valence-electron chi connectivity index (χ4n) is 2.35. The zero-order valence-electron chi connectivity index (χ0n) is 13.8. The van der Waals surface area contributed by atoms with E-state index in [9.17, 15) is 0 Å². The molecule has 0 spiro atoms. The van der Waals surface area contributed by atoms with Gasteiger partial charge >= 0.3 is 18.9 Å². The molecule has 3 heteroatoms.